The number of benzene rings is 2. The molecule has 2 rings (SSSR count). The van der Waals surface area contributed by atoms with Gasteiger partial charge in [-0.05, 0) is 30.3 Å². The zero-order valence-corrected chi connectivity index (χ0v) is 10.9. The average molecular weight is 281 g/mol. The zero-order chi connectivity index (χ0) is 13.7. The van der Waals surface area contributed by atoms with Gasteiger partial charge in [-0.3, -0.25) is 0 Å². The second kappa shape index (κ2) is 6.43. The van der Waals surface area contributed by atoms with Gasteiger partial charge in [-0.2, -0.15) is 0 Å². The Kier molecular flexibility index (Phi) is 4.63. The lowest BCUT2D eigenvalue weighted by molar-refractivity contribution is 0.325. The Morgan fingerprint density at radius 1 is 1.05 bits per heavy atom. The zero-order valence-electron chi connectivity index (χ0n) is 10.1. The molecule has 2 aromatic carbocycles. The molecule has 0 bridgehead atoms. The van der Waals surface area contributed by atoms with Gasteiger partial charge in [0.05, 0.1) is 6.61 Å². The first-order valence-electron chi connectivity index (χ1n) is 5.72. The van der Waals surface area contributed by atoms with Crippen molar-refractivity contribution in [2.24, 2.45) is 0 Å². The molecule has 0 unspecified atom stereocenters. The van der Waals surface area contributed by atoms with Gasteiger partial charge in [0.25, 0.3) is 0 Å². The predicted octanol–water partition coefficient (Wildman–Crippen LogP) is 3.72. The van der Waals surface area contributed by atoms with E-state index in [1.54, 1.807) is 30.3 Å². The third kappa shape index (κ3) is 3.86. The molecule has 2 N–H and O–H groups in total. The quantitative estimate of drug-likeness (QED) is 0.515. The van der Waals surface area contributed by atoms with Crippen molar-refractivity contribution in [1.29, 1.82) is 0 Å². The summed E-state index contributed by atoms with van der Waals surface area (Å²) in [5, 5.41) is 0. The van der Waals surface area contributed by atoms with Crippen LogP contribution in [0, 0.1) is 11.6 Å². The fraction of sp³-hybridized carbons (Fsp3) is 0.143. The van der Waals surface area contributed by atoms with Crippen LogP contribution in [0.4, 0.5) is 14.5 Å². The molecule has 2 nitrogen and oxygen atoms in total. The highest BCUT2D eigenvalue weighted by atomic mass is 32.2. The van der Waals surface area contributed by atoms with Crippen molar-refractivity contribution in [3.05, 3.63) is 54.1 Å². The maximum absolute atomic E-state index is 13.5. The Hall–Kier alpha value is -1.75. The number of ether oxygens (including phenoxy) is 1. The normalized spacial score (nSPS) is 10.4. The summed E-state index contributed by atoms with van der Waals surface area (Å²) >= 11 is 1.30. The van der Waals surface area contributed by atoms with Gasteiger partial charge in [0.1, 0.15) is 5.82 Å². The summed E-state index contributed by atoms with van der Waals surface area (Å²) < 4.78 is 32.0. The molecule has 0 fully saturated rings. The number of nitrogens with two attached hydrogens (primary N) is 1. The Balaban J connectivity index is 1.83. The number of halogens is 2. The molecule has 0 saturated carbocycles. The van der Waals surface area contributed by atoms with E-state index in [2.05, 4.69) is 0 Å². The number of para-hydroxylation sites is 1. The maximum Gasteiger partial charge on any atom is 0.165 e. The molecule has 0 aliphatic heterocycles. The van der Waals surface area contributed by atoms with E-state index in [0.717, 1.165) is 0 Å². The summed E-state index contributed by atoms with van der Waals surface area (Å²) in [6.07, 6.45) is 0. The van der Waals surface area contributed by atoms with E-state index >= 15 is 0 Å². The number of rotatable bonds is 5. The van der Waals surface area contributed by atoms with Gasteiger partial charge < -0.3 is 10.5 Å². The van der Waals surface area contributed by atoms with Crippen LogP contribution >= 0.6 is 11.8 Å². The largest absolute Gasteiger partial charge is 0.490 e. The highest BCUT2D eigenvalue weighted by Crippen LogP contribution is 2.23. The molecule has 100 valence electrons. The van der Waals surface area contributed by atoms with Crippen molar-refractivity contribution >= 4 is 17.4 Å². The molecule has 0 saturated heterocycles. The molecule has 0 aliphatic carbocycles. The standard InChI is InChI=1S/C14H13F2NOS/c15-11-3-1-2-4-13(11)18-7-8-19-14-6-5-10(17)9-12(14)16/h1-6,9H,7-8,17H2. The van der Waals surface area contributed by atoms with Crippen LogP contribution < -0.4 is 10.5 Å². The molecule has 0 radical (unpaired) electrons. The Morgan fingerprint density at radius 2 is 1.84 bits per heavy atom. The van der Waals surface area contributed by atoms with E-state index < -0.39 is 5.82 Å². The summed E-state index contributed by atoms with van der Waals surface area (Å²) in [7, 11) is 0. The highest BCUT2D eigenvalue weighted by molar-refractivity contribution is 7.99. The third-order valence-electron chi connectivity index (χ3n) is 2.39. The van der Waals surface area contributed by atoms with Crippen molar-refractivity contribution in [3.8, 4) is 5.75 Å². The number of thioether (sulfide) groups is 1. The molecule has 0 amide bonds. The van der Waals surface area contributed by atoms with Crippen LogP contribution in [0.15, 0.2) is 47.4 Å². The fourth-order valence-corrected chi connectivity index (χ4v) is 2.25. The first kappa shape index (κ1) is 13.7. The van der Waals surface area contributed by atoms with Crippen LogP contribution in [0.2, 0.25) is 0 Å². The molecule has 0 aromatic heterocycles. The van der Waals surface area contributed by atoms with Crippen molar-refractivity contribution in [1.82, 2.24) is 0 Å². The van der Waals surface area contributed by atoms with Crippen LogP contribution in [0.3, 0.4) is 0 Å². The van der Waals surface area contributed by atoms with Crippen LogP contribution in [0.25, 0.3) is 0 Å². The van der Waals surface area contributed by atoms with E-state index in [4.69, 9.17) is 10.5 Å². The molecule has 19 heavy (non-hydrogen) atoms. The minimum Gasteiger partial charge on any atom is -0.490 e. The number of hydrogen-bond acceptors (Lipinski definition) is 3. The fourth-order valence-electron chi connectivity index (χ4n) is 1.50. The molecule has 0 spiro atoms. The van der Waals surface area contributed by atoms with E-state index in [9.17, 15) is 8.78 Å². The molecule has 0 heterocycles. The molecule has 5 heteroatoms. The lowest BCUT2D eigenvalue weighted by Crippen LogP contribution is -2.02. The SMILES string of the molecule is Nc1ccc(SCCOc2ccccc2F)c(F)c1. The lowest BCUT2D eigenvalue weighted by atomic mass is 10.3. The summed E-state index contributed by atoms with van der Waals surface area (Å²) in [5.41, 5.74) is 5.85. The molecular weight excluding hydrogens is 268 g/mol. The van der Waals surface area contributed by atoms with Gasteiger partial charge in [0, 0.05) is 16.3 Å². The minimum absolute atomic E-state index is 0.209. The van der Waals surface area contributed by atoms with Crippen LogP contribution in [0.5, 0.6) is 5.75 Å². The molecular formula is C14H13F2NOS. The minimum atomic E-state index is -0.397. The summed E-state index contributed by atoms with van der Waals surface area (Å²) in [6, 6.07) is 10.7. The van der Waals surface area contributed by atoms with Crippen molar-refractivity contribution in [3.63, 3.8) is 0 Å². The van der Waals surface area contributed by atoms with Crippen molar-refractivity contribution in [2.45, 2.75) is 4.90 Å². The summed E-state index contributed by atoms with van der Waals surface area (Å²) in [6.45, 7) is 0.301. The average Bonchev–Trinajstić information content (AvgIpc) is 2.38. The van der Waals surface area contributed by atoms with Gasteiger partial charge in [0.15, 0.2) is 11.6 Å². The Bertz CT molecular complexity index is 563. The van der Waals surface area contributed by atoms with Crippen molar-refractivity contribution in [2.75, 3.05) is 18.1 Å². The third-order valence-corrected chi connectivity index (χ3v) is 3.40. The van der Waals surface area contributed by atoms with Gasteiger partial charge in [0.2, 0.25) is 0 Å². The van der Waals surface area contributed by atoms with Gasteiger partial charge in [-0.1, -0.05) is 12.1 Å². The topological polar surface area (TPSA) is 35.2 Å². The number of nitrogen functional groups attached to an aromatic ring is 1. The molecule has 0 atom stereocenters. The monoisotopic (exact) mass is 281 g/mol. The van der Waals surface area contributed by atoms with E-state index in [1.165, 1.54) is 23.9 Å². The smallest absolute Gasteiger partial charge is 0.165 e. The van der Waals surface area contributed by atoms with E-state index in [1.807, 2.05) is 0 Å². The van der Waals surface area contributed by atoms with Crippen LogP contribution in [0.1, 0.15) is 0 Å². The van der Waals surface area contributed by atoms with Gasteiger partial charge >= 0.3 is 0 Å². The maximum atomic E-state index is 13.5. The second-order valence-electron chi connectivity index (χ2n) is 3.82. The summed E-state index contributed by atoms with van der Waals surface area (Å²) in [5.74, 6) is -0.0160. The number of hydrogen-bond donors (Lipinski definition) is 1. The van der Waals surface area contributed by atoms with Gasteiger partial charge in [-0.25, -0.2) is 8.78 Å². The van der Waals surface area contributed by atoms with E-state index in [-0.39, 0.29) is 11.6 Å². The predicted molar refractivity (Wildman–Crippen MR) is 73.4 cm³/mol. The first-order chi connectivity index (χ1) is 9.16. The van der Waals surface area contributed by atoms with Crippen LogP contribution in [-0.4, -0.2) is 12.4 Å². The molecule has 2 aromatic rings. The Labute approximate surface area is 114 Å². The number of anilines is 1. The summed E-state index contributed by atoms with van der Waals surface area (Å²) in [4.78, 5) is 0.506. The second-order valence-corrected chi connectivity index (χ2v) is 4.95. The molecule has 0 aliphatic rings. The highest BCUT2D eigenvalue weighted by Gasteiger charge is 2.04. The Morgan fingerprint density at radius 3 is 2.58 bits per heavy atom. The van der Waals surface area contributed by atoms with E-state index in [0.29, 0.717) is 22.9 Å². The van der Waals surface area contributed by atoms with Crippen LogP contribution in [-0.2, 0) is 0 Å². The van der Waals surface area contributed by atoms with Crippen molar-refractivity contribution < 1.29 is 13.5 Å². The van der Waals surface area contributed by atoms with Gasteiger partial charge in [-0.15, -0.1) is 11.8 Å². The lowest BCUT2D eigenvalue weighted by Gasteiger charge is -2.07. The first-order valence-corrected chi connectivity index (χ1v) is 6.70.